The molecule has 1 heterocycles. The van der Waals surface area contributed by atoms with Gasteiger partial charge in [0.1, 0.15) is 0 Å². The summed E-state index contributed by atoms with van der Waals surface area (Å²) in [5, 5.41) is 4.52. The minimum absolute atomic E-state index is 0.795. The van der Waals surface area contributed by atoms with Crippen LogP contribution in [-0.4, -0.2) is 30.0 Å². The lowest BCUT2D eigenvalue weighted by Crippen LogP contribution is -2.21. The summed E-state index contributed by atoms with van der Waals surface area (Å²) in [4.78, 5) is 6.87. The zero-order chi connectivity index (χ0) is 16.9. The van der Waals surface area contributed by atoms with E-state index < -0.39 is 0 Å². The molecule has 0 aliphatic rings. The molecule has 3 N–H and O–H groups in total. The Morgan fingerprint density at radius 2 is 2.00 bits per heavy atom. The molecule has 0 saturated carbocycles. The van der Waals surface area contributed by atoms with Crippen LogP contribution in [-0.2, 0) is 6.54 Å². The predicted molar refractivity (Wildman–Crippen MR) is 105 cm³/mol. The maximum Gasteiger partial charge on any atom is 0.0907 e. The third-order valence-electron chi connectivity index (χ3n) is 3.99. The number of benzene rings is 2. The molecule has 0 unspecified atom stereocenters. The van der Waals surface area contributed by atoms with Crippen molar-refractivity contribution in [1.29, 1.82) is 0 Å². The zero-order valence-corrected chi connectivity index (χ0v) is 15.1. The van der Waals surface area contributed by atoms with E-state index in [1.54, 1.807) is 11.3 Å². The second-order valence-corrected chi connectivity index (χ2v) is 7.38. The van der Waals surface area contributed by atoms with Crippen LogP contribution < -0.4 is 11.1 Å². The van der Waals surface area contributed by atoms with Crippen LogP contribution in [0.1, 0.15) is 17.0 Å². The highest BCUT2D eigenvalue weighted by molar-refractivity contribution is 7.18. The van der Waals surface area contributed by atoms with E-state index in [0.29, 0.717) is 0 Å². The number of thiazole rings is 1. The molecule has 4 nitrogen and oxygen atoms in total. The summed E-state index contributed by atoms with van der Waals surface area (Å²) in [7, 11) is 2.16. The molecule has 24 heavy (non-hydrogen) atoms. The van der Waals surface area contributed by atoms with Gasteiger partial charge in [-0.05, 0) is 44.6 Å². The molecule has 126 valence electrons. The monoisotopic (exact) mass is 340 g/mol. The van der Waals surface area contributed by atoms with E-state index in [0.717, 1.165) is 52.7 Å². The Kier molecular flexibility index (Phi) is 5.33. The van der Waals surface area contributed by atoms with Crippen molar-refractivity contribution in [3.05, 3.63) is 53.0 Å². The summed E-state index contributed by atoms with van der Waals surface area (Å²) in [5.74, 6) is 0. The fourth-order valence-electron chi connectivity index (χ4n) is 2.80. The predicted octanol–water partition coefficient (Wildman–Crippen LogP) is 4.12. The highest BCUT2D eigenvalue weighted by Gasteiger charge is 2.06. The molecule has 0 aliphatic heterocycles. The van der Waals surface area contributed by atoms with Crippen LogP contribution in [0.3, 0.4) is 0 Å². The van der Waals surface area contributed by atoms with E-state index >= 15 is 0 Å². The number of hydrogen-bond acceptors (Lipinski definition) is 5. The minimum Gasteiger partial charge on any atom is -0.397 e. The van der Waals surface area contributed by atoms with E-state index in [1.807, 2.05) is 13.0 Å². The summed E-state index contributed by atoms with van der Waals surface area (Å²) in [5.41, 5.74) is 10.3. The molecule has 0 bridgehead atoms. The van der Waals surface area contributed by atoms with Crippen LogP contribution in [0.15, 0.2) is 42.5 Å². The van der Waals surface area contributed by atoms with Crippen LogP contribution in [0, 0.1) is 6.92 Å². The normalized spacial score (nSPS) is 11.3. The number of rotatable bonds is 7. The Hall–Kier alpha value is -2.11. The molecule has 0 saturated heterocycles. The summed E-state index contributed by atoms with van der Waals surface area (Å²) >= 11 is 1.68. The van der Waals surface area contributed by atoms with Crippen LogP contribution in [0.5, 0.6) is 0 Å². The SMILES string of the molecule is Cc1nc2cc(NCCCN(C)Cc3ccccc3)c(N)cc2s1. The number of fused-ring (bicyclic) bond motifs is 1. The number of hydrogen-bond donors (Lipinski definition) is 2. The van der Waals surface area contributed by atoms with Gasteiger partial charge in [-0.1, -0.05) is 30.3 Å². The van der Waals surface area contributed by atoms with Gasteiger partial charge in [0.25, 0.3) is 0 Å². The van der Waals surface area contributed by atoms with E-state index in [1.165, 1.54) is 5.56 Å². The molecule has 0 spiro atoms. The van der Waals surface area contributed by atoms with Crippen molar-refractivity contribution in [2.24, 2.45) is 0 Å². The third kappa shape index (κ3) is 4.24. The Morgan fingerprint density at radius 1 is 1.21 bits per heavy atom. The number of aromatic nitrogens is 1. The number of anilines is 2. The largest absolute Gasteiger partial charge is 0.397 e. The van der Waals surface area contributed by atoms with Gasteiger partial charge in [0, 0.05) is 13.1 Å². The topological polar surface area (TPSA) is 54.2 Å². The molecule has 5 heteroatoms. The Morgan fingerprint density at radius 3 is 2.79 bits per heavy atom. The summed E-state index contributed by atoms with van der Waals surface area (Å²) in [6.45, 7) is 4.95. The lowest BCUT2D eigenvalue weighted by molar-refractivity contribution is 0.325. The first kappa shape index (κ1) is 16.7. The van der Waals surface area contributed by atoms with Gasteiger partial charge < -0.3 is 16.0 Å². The van der Waals surface area contributed by atoms with E-state index in [4.69, 9.17) is 5.73 Å². The third-order valence-corrected chi connectivity index (χ3v) is 4.93. The van der Waals surface area contributed by atoms with Gasteiger partial charge in [-0.2, -0.15) is 0 Å². The second kappa shape index (κ2) is 7.64. The van der Waals surface area contributed by atoms with Gasteiger partial charge in [0.05, 0.1) is 26.6 Å². The molecule has 0 radical (unpaired) electrons. The molecular formula is C19H24N4S. The van der Waals surface area contributed by atoms with Gasteiger partial charge in [-0.3, -0.25) is 0 Å². The molecule has 3 aromatic rings. The smallest absolute Gasteiger partial charge is 0.0907 e. The Bertz CT molecular complexity index is 798. The van der Waals surface area contributed by atoms with E-state index in [9.17, 15) is 0 Å². The maximum absolute atomic E-state index is 6.15. The number of nitrogens with zero attached hydrogens (tertiary/aromatic N) is 2. The average molecular weight is 340 g/mol. The van der Waals surface area contributed by atoms with Crippen molar-refractivity contribution < 1.29 is 0 Å². The highest BCUT2D eigenvalue weighted by atomic mass is 32.1. The quantitative estimate of drug-likeness (QED) is 0.502. The Balaban J connectivity index is 1.48. The van der Waals surface area contributed by atoms with Crippen LogP contribution >= 0.6 is 11.3 Å². The van der Waals surface area contributed by atoms with Crippen molar-refractivity contribution in [3.63, 3.8) is 0 Å². The van der Waals surface area contributed by atoms with Crippen molar-refractivity contribution in [2.45, 2.75) is 19.9 Å². The first-order chi connectivity index (χ1) is 11.6. The van der Waals surface area contributed by atoms with Crippen molar-refractivity contribution in [3.8, 4) is 0 Å². The van der Waals surface area contributed by atoms with Crippen LogP contribution in [0.2, 0.25) is 0 Å². The number of nitrogens with one attached hydrogen (secondary N) is 1. The molecule has 0 atom stereocenters. The molecule has 0 aliphatic carbocycles. The lowest BCUT2D eigenvalue weighted by Gasteiger charge is -2.17. The van der Waals surface area contributed by atoms with Gasteiger partial charge in [-0.15, -0.1) is 11.3 Å². The standard InChI is InChI=1S/C19H24N4S/c1-14-22-18-12-17(16(20)11-19(18)24-14)21-9-6-10-23(2)13-15-7-4-3-5-8-15/h3-5,7-8,11-12,21H,6,9-10,13,20H2,1-2H3. The van der Waals surface area contributed by atoms with Crippen LogP contribution in [0.25, 0.3) is 10.2 Å². The summed E-state index contributed by atoms with van der Waals surface area (Å²) in [6.07, 6.45) is 1.07. The second-order valence-electron chi connectivity index (χ2n) is 6.14. The molecule has 0 fully saturated rings. The zero-order valence-electron chi connectivity index (χ0n) is 14.2. The first-order valence-electron chi connectivity index (χ1n) is 8.25. The molecular weight excluding hydrogens is 316 g/mol. The highest BCUT2D eigenvalue weighted by Crippen LogP contribution is 2.29. The number of nitrogens with two attached hydrogens (primary N) is 1. The van der Waals surface area contributed by atoms with Gasteiger partial charge in [-0.25, -0.2) is 4.98 Å². The fourth-order valence-corrected chi connectivity index (χ4v) is 3.66. The van der Waals surface area contributed by atoms with Crippen molar-refractivity contribution >= 4 is 32.9 Å². The minimum atomic E-state index is 0.795. The summed E-state index contributed by atoms with van der Waals surface area (Å²) in [6, 6.07) is 14.6. The Labute approximate surface area is 147 Å². The fraction of sp³-hybridized carbons (Fsp3) is 0.316. The molecule has 1 aromatic heterocycles. The molecule has 2 aromatic carbocycles. The van der Waals surface area contributed by atoms with Gasteiger partial charge in [0.2, 0.25) is 0 Å². The van der Waals surface area contributed by atoms with Gasteiger partial charge in [0.15, 0.2) is 0 Å². The number of aryl methyl sites for hydroxylation is 1. The first-order valence-corrected chi connectivity index (χ1v) is 9.06. The average Bonchev–Trinajstić information content (AvgIpc) is 2.91. The molecule has 3 rings (SSSR count). The lowest BCUT2D eigenvalue weighted by atomic mass is 10.2. The summed E-state index contributed by atoms with van der Waals surface area (Å²) < 4.78 is 1.15. The van der Waals surface area contributed by atoms with Gasteiger partial charge >= 0.3 is 0 Å². The van der Waals surface area contributed by atoms with Crippen molar-refractivity contribution in [2.75, 3.05) is 31.2 Å². The van der Waals surface area contributed by atoms with E-state index in [-0.39, 0.29) is 0 Å². The van der Waals surface area contributed by atoms with E-state index in [2.05, 4.69) is 58.6 Å². The number of nitrogen functional groups attached to an aromatic ring is 1. The van der Waals surface area contributed by atoms with Crippen LogP contribution in [0.4, 0.5) is 11.4 Å². The van der Waals surface area contributed by atoms with Crippen molar-refractivity contribution in [1.82, 2.24) is 9.88 Å². The maximum atomic E-state index is 6.15. The molecule has 0 amide bonds.